The molecule has 1 aromatic rings. The van der Waals surface area contributed by atoms with Crippen LogP contribution in [0.15, 0.2) is 24.3 Å². The zero-order valence-corrected chi connectivity index (χ0v) is 14.8. The van der Waals surface area contributed by atoms with Gasteiger partial charge in [0.25, 0.3) is 5.91 Å². The van der Waals surface area contributed by atoms with E-state index < -0.39 is 6.09 Å². The summed E-state index contributed by atoms with van der Waals surface area (Å²) in [5.74, 6) is -0.131. The van der Waals surface area contributed by atoms with Crippen molar-refractivity contribution in [2.75, 3.05) is 25.0 Å². The summed E-state index contributed by atoms with van der Waals surface area (Å²) in [7, 11) is 0. The van der Waals surface area contributed by atoms with E-state index in [1.54, 1.807) is 29.2 Å². The van der Waals surface area contributed by atoms with Crippen molar-refractivity contribution < 1.29 is 19.5 Å². The molecule has 1 aliphatic carbocycles. The zero-order valence-electron chi connectivity index (χ0n) is 14.8. The number of carbonyl (C=O) groups excluding carboxylic acids is 2. The lowest BCUT2D eigenvalue weighted by Gasteiger charge is -2.38. The Bertz CT molecular complexity index is 687. The van der Waals surface area contributed by atoms with E-state index in [-0.39, 0.29) is 24.0 Å². The van der Waals surface area contributed by atoms with Crippen LogP contribution in [0.25, 0.3) is 0 Å². The van der Waals surface area contributed by atoms with E-state index in [9.17, 15) is 14.4 Å². The highest BCUT2D eigenvalue weighted by atomic mass is 16.4. The van der Waals surface area contributed by atoms with E-state index >= 15 is 0 Å². The van der Waals surface area contributed by atoms with Crippen LogP contribution in [0.1, 0.15) is 36.5 Å². The molecule has 8 heteroatoms. The fourth-order valence-electron chi connectivity index (χ4n) is 3.20. The summed E-state index contributed by atoms with van der Waals surface area (Å²) in [5, 5.41) is 14.7. The number of nitrogens with zero attached hydrogens (tertiary/aromatic N) is 2. The lowest BCUT2D eigenvalue weighted by molar-refractivity contribution is 0.0484. The fraction of sp³-hybridized carbons (Fsp3) is 0.500. The van der Waals surface area contributed by atoms with Gasteiger partial charge in [-0.05, 0) is 50.5 Å². The normalized spacial score (nSPS) is 20.3. The summed E-state index contributed by atoms with van der Waals surface area (Å²) in [4.78, 5) is 38.6. The van der Waals surface area contributed by atoms with Crippen molar-refractivity contribution in [1.29, 1.82) is 0 Å². The second kappa shape index (κ2) is 7.63. The Morgan fingerprint density at radius 2 is 1.81 bits per heavy atom. The number of rotatable bonds is 3. The van der Waals surface area contributed by atoms with Gasteiger partial charge in [-0.15, -0.1) is 0 Å². The summed E-state index contributed by atoms with van der Waals surface area (Å²) in [6.45, 7) is 2.83. The molecule has 26 heavy (non-hydrogen) atoms. The van der Waals surface area contributed by atoms with Gasteiger partial charge in [-0.1, -0.05) is 0 Å². The molecular weight excluding hydrogens is 336 g/mol. The van der Waals surface area contributed by atoms with E-state index in [0.29, 0.717) is 30.9 Å². The van der Waals surface area contributed by atoms with Crippen LogP contribution in [-0.2, 0) is 0 Å². The third-order valence-electron chi connectivity index (χ3n) is 4.99. The molecule has 1 saturated heterocycles. The number of nitrogens with one attached hydrogen (secondary N) is 2. The first kappa shape index (κ1) is 18.0. The van der Waals surface area contributed by atoms with Crippen LogP contribution in [0.5, 0.6) is 0 Å². The largest absolute Gasteiger partial charge is 0.465 e. The fourth-order valence-corrected chi connectivity index (χ4v) is 3.20. The molecule has 0 radical (unpaired) electrons. The van der Waals surface area contributed by atoms with Gasteiger partial charge in [-0.2, -0.15) is 0 Å². The van der Waals surface area contributed by atoms with E-state index in [4.69, 9.17) is 5.11 Å². The van der Waals surface area contributed by atoms with Crippen molar-refractivity contribution in [3.8, 4) is 0 Å². The predicted octanol–water partition coefficient (Wildman–Crippen LogP) is 2.18. The molecule has 0 spiro atoms. The van der Waals surface area contributed by atoms with Crippen LogP contribution in [0.3, 0.4) is 0 Å². The van der Waals surface area contributed by atoms with Crippen LogP contribution < -0.4 is 10.6 Å². The molecule has 8 nitrogen and oxygen atoms in total. The predicted molar refractivity (Wildman–Crippen MR) is 96.3 cm³/mol. The number of carbonyl (C=O) groups is 3. The van der Waals surface area contributed by atoms with Crippen molar-refractivity contribution in [2.45, 2.75) is 38.3 Å². The van der Waals surface area contributed by atoms with Gasteiger partial charge in [0.2, 0.25) is 0 Å². The molecule has 4 amide bonds. The van der Waals surface area contributed by atoms with E-state index in [1.165, 1.54) is 4.90 Å². The van der Waals surface area contributed by atoms with Gasteiger partial charge in [0.05, 0.1) is 0 Å². The topological polar surface area (TPSA) is 102 Å². The standard InChI is InChI=1S/C18H24N4O4/c1-12-11-21(18(25)26)9-10-22(12)16(23)13-5-7-15(8-6-13)20-17(24)19-14-3-2-4-14/h5-8,12,14H,2-4,9-11H2,1H3,(H,25,26)(H2,19,20,24). The summed E-state index contributed by atoms with van der Waals surface area (Å²) in [6, 6.07) is 6.61. The quantitative estimate of drug-likeness (QED) is 0.769. The van der Waals surface area contributed by atoms with Crippen molar-refractivity contribution in [3.05, 3.63) is 29.8 Å². The molecule has 0 aromatic heterocycles. The Kier molecular flexibility index (Phi) is 5.29. The van der Waals surface area contributed by atoms with Crippen molar-refractivity contribution in [1.82, 2.24) is 15.1 Å². The Morgan fingerprint density at radius 3 is 2.35 bits per heavy atom. The third-order valence-corrected chi connectivity index (χ3v) is 4.99. The molecule has 2 aliphatic rings. The number of urea groups is 1. The molecule has 3 rings (SSSR count). The van der Waals surface area contributed by atoms with E-state index in [0.717, 1.165) is 19.3 Å². The summed E-state index contributed by atoms with van der Waals surface area (Å²) >= 11 is 0. The van der Waals surface area contributed by atoms with Gasteiger partial charge < -0.3 is 25.5 Å². The molecule has 140 valence electrons. The lowest BCUT2D eigenvalue weighted by Crippen LogP contribution is -2.55. The molecule has 1 aromatic carbocycles. The number of hydrogen-bond donors (Lipinski definition) is 3. The van der Waals surface area contributed by atoms with Gasteiger partial charge in [0.15, 0.2) is 0 Å². The van der Waals surface area contributed by atoms with Gasteiger partial charge in [0, 0.05) is 43.0 Å². The summed E-state index contributed by atoms with van der Waals surface area (Å²) in [6.07, 6.45) is 2.24. The number of carboxylic acid groups (broad SMARTS) is 1. The van der Waals surface area contributed by atoms with Gasteiger partial charge in [-0.25, -0.2) is 9.59 Å². The highest BCUT2D eigenvalue weighted by molar-refractivity contribution is 5.96. The first-order chi connectivity index (χ1) is 12.4. The van der Waals surface area contributed by atoms with Crippen LogP contribution in [0.2, 0.25) is 0 Å². The zero-order chi connectivity index (χ0) is 18.7. The second-order valence-corrected chi connectivity index (χ2v) is 6.88. The van der Waals surface area contributed by atoms with Crippen LogP contribution >= 0.6 is 0 Å². The minimum atomic E-state index is -0.959. The molecule has 3 N–H and O–H groups in total. The van der Waals surface area contributed by atoms with Crippen molar-refractivity contribution in [3.63, 3.8) is 0 Å². The minimum absolute atomic E-state index is 0.131. The second-order valence-electron chi connectivity index (χ2n) is 6.88. The van der Waals surface area contributed by atoms with Crippen LogP contribution in [0.4, 0.5) is 15.3 Å². The average molecular weight is 360 g/mol. The minimum Gasteiger partial charge on any atom is -0.465 e. The maximum atomic E-state index is 12.7. The van der Waals surface area contributed by atoms with Crippen LogP contribution in [-0.4, -0.2) is 64.7 Å². The van der Waals surface area contributed by atoms with Gasteiger partial charge >= 0.3 is 12.1 Å². The maximum absolute atomic E-state index is 12.7. The molecule has 0 bridgehead atoms. The maximum Gasteiger partial charge on any atom is 0.407 e. The molecule has 1 atom stereocenters. The molecule has 1 aliphatic heterocycles. The highest BCUT2D eigenvalue weighted by Gasteiger charge is 2.30. The Hall–Kier alpha value is -2.77. The Labute approximate surface area is 152 Å². The Balaban J connectivity index is 1.56. The smallest absolute Gasteiger partial charge is 0.407 e. The average Bonchev–Trinajstić information content (AvgIpc) is 2.58. The number of benzene rings is 1. The monoisotopic (exact) mass is 360 g/mol. The first-order valence-electron chi connectivity index (χ1n) is 8.90. The number of amides is 4. The molecule has 1 heterocycles. The number of anilines is 1. The molecule has 1 saturated carbocycles. The highest BCUT2D eigenvalue weighted by Crippen LogP contribution is 2.19. The molecule has 1 unspecified atom stereocenters. The van der Waals surface area contributed by atoms with Crippen molar-refractivity contribution in [2.24, 2.45) is 0 Å². The lowest BCUT2D eigenvalue weighted by atomic mass is 9.93. The molecular formula is C18H24N4O4. The van der Waals surface area contributed by atoms with E-state index in [1.807, 2.05) is 6.92 Å². The Morgan fingerprint density at radius 1 is 1.12 bits per heavy atom. The summed E-state index contributed by atoms with van der Waals surface area (Å²) < 4.78 is 0. The third kappa shape index (κ3) is 4.07. The van der Waals surface area contributed by atoms with Gasteiger partial charge in [0.1, 0.15) is 0 Å². The first-order valence-corrected chi connectivity index (χ1v) is 8.90. The number of hydrogen-bond acceptors (Lipinski definition) is 3. The SMILES string of the molecule is CC1CN(C(=O)O)CCN1C(=O)c1ccc(NC(=O)NC2CCC2)cc1. The van der Waals surface area contributed by atoms with Crippen molar-refractivity contribution >= 4 is 23.7 Å². The van der Waals surface area contributed by atoms with Crippen LogP contribution in [0, 0.1) is 0 Å². The summed E-state index contributed by atoms with van der Waals surface area (Å²) in [5.41, 5.74) is 1.15. The van der Waals surface area contributed by atoms with E-state index in [2.05, 4.69) is 10.6 Å². The van der Waals surface area contributed by atoms with Gasteiger partial charge in [-0.3, -0.25) is 4.79 Å². The molecule has 2 fully saturated rings. The number of piperazine rings is 1.